The predicted molar refractivity (Wildman–Crippen MR) is 97.0 cm³/mol. The summed E-state index contributed by atoms with van der Waals surface area (Å²) < 4.78 is 32.9. The highest BCUT2D eigenvalue weighted by atomic mass is 79.9. The summed E-state index contributed by atoms with van der Waals surface area (Å²) in [6.07, 6.45) is 3.37. The smallest absolute Gasteiger partial charge is 0.387 e. The number of benzene rings is 2. The Hall–Kier alpha value is -2.74. The van der Waals surface area contributed by atoms with Crippen molar-refractivity contribution in [2.24, 2.45) is 0 Å². The molecule has 5 nitrogen and oxygen atoms in total. The van der Waals surface area contributed by atoms with Crippen LogP contribution in [0.1, 0.15) is 17.2 Å². The maximum atomic E-state index is 12.7. The zero-order chi connectivity index (χ0) is 18.1. The van der Waals surface area contributed by atoms with Gasteiger partial charge in [0.2, 0.25) is 5.95 Å². The zero-order valence-corrected chi connectivity index (χ0v) is 14.9. The van der Waals surface area contributed by atoms with Gasteiger partial charge in [0.15, 0.2) is 0 Å². The summed E-state index contributed by atoms with van der Waals surface area (Å²) in [5.41, 5.74) is 2.16. The maximum Gasteiger partial charge on any atom is 0.387 e. The zero-order valence-electron chi connectivity index (χ0n) is 13.3. The van der Waals surface area contributed by atoms with Crippen LogP contribution >= 0.6 is 15.9 Å². The second-order valence-electron chi connectivity index (χ2n) is 5.60. The molecule has 0 fully saturated rings. The number of para-hydroxylation sites is 1. The van der Waals surface area contributed by atoms with E-state index < -0.39 is 6.61 Å². The van der Waals surface area contributed by atoms with Gasteiger partial charge in [0.25, 0.3) is 0 Å². The number of halogens is 3. The summed E-state index contributed by atoms with van der Waals surface area (Å²) in [7, 11) is 0. The summed E-state index contributed by atoms with van der Waals surface area (Å²) >= 11 is 3.42. The van der Waals surface area contributed by atoms with Gasteiger partial charge in [-0.3, -0.25) is 0 Å². The van der Waals surface area contributed by atoms with Gasteiger partial charge in [0.05, 0.1) is 5.70 Å². The van der Waals surface area contributed by atoms with Crippen molar-refractivity contribution in [1.29, 1.82) is 0 Å². The number of anilines is 1. The van der Waals surface area contributed by atoms with Crippen LogP contribution in [0.4, 0.5) is 14.7 Å². The monoisotopic (exact) mass is 418 g/mol. The maximum absolute atomic E-state index is 12.7. The molecule has 26 heavy (non-hydrogen) atoms. The highest BCUT2D eigenvalue weighted by molar-refractivity contribution is 9.10. The minimum atomic E-state index is -2.90. The molecular weight excluding hydrogens is 406 g/mol. The van der Waals surface area contributed by atoms with Gasteiger partial charge in [-0.15, -0.1) is 0 Å². The van der Waals surface area contributed by atoms with Crippen molar-refractivity contribution >= 4 is 27.6 Å². The van der Waals surface area contributed by atoms with Crippen molar-refractivity contribution in [3.05, 3.63) is 76.5 Å². The molecule has 0 saturated heterocycles. The van der Waals surface area contributed by atoms with E-state index in [1.54, 1.807) is 22.9 Å². The van der Waals surface area contributed by atoms with Gasteiger partial charge < -0.3 is 10.1 Å². The number of hydrogen-bond acceptors (Lipinski definition) is 4. The summed E-state index contributed by atoms with van der Waals surface area (Å²) in [5.74, 6) is 0.631. The standard InChI is InChI=1S/C18H13BrF2N4O/c19-12-7-5-11(6-8-12)15-9-14(24-18-22-10-23-25(15)18)13-3-1-2-4-16(13)26-17(20)21/h1-10,15,17H,(H,22,23,24)/t15-/m1/s1. The molecule has 0 bridgehead atoms. The molecule has 1 aliphatic heterocycles. The Bertz CT molecular complexity index is 956. The molecule has 0 unspecified atom stereocenters. The topological polar surface area (TPSA) is 52.0 Å². The fourth-order valence-corrected chi connectivity index (χ4v) is 3.14. The first kappa shape index (κ1) is 16.7. The van der Waals surface area contributed by atoms with Crippen LogP contribution in [-0.2, 0) is 0 Å². The average Bonchev–Trinajstić information content (AvgIpc) is 3.10. The van der Waals surface area contributed by atoms with Crippen LogP contribution in [0, 0.1) is 0 Å². The fourth-order valence-electron chi connectivity index (χ4n) is 2.88. The third-order valence-corrected chi connectivity index (χ3v) is 4.54. The van der Waals surface area contributed by atoms with Crippen molar-refractivity contribution in [2.45, 2.75) is 12.7 Å². The molecule has 0 amide bonds. The second-order valence-corrected chi connectivity index (χ2v) is 6.52. The van der Waals surface area contributed by atoms with Crippen LogP contribution in [0.25, 0.3) is 5.70 Å². The third-order valence-electron chi connectivity index (χ3n) is 4.01. The molecule has 132 valence electrons. The number of nitrogens with zero attached hydrogens (tertiary/aromatic N) is 3. The first-order chi connectivity index (χ1) is 12.6. The molecule has 1 N–H and O–H groups in total. The molecule has 1 aromatic heterocycles. The minimum Gasteiger partial charge on any atom is -0.434 e. The first-order valence-electron chi connectivity index (χ1n) is 7.80. The van der Waals surface area contributed by atoms with Crippen molar-refractivity contribution in [2.75, 3.05) is 5.32 Å². The average molecular weight is 419 g/mol. The summed E-state index contributed by atoms with van der Waals surface area (Å²) in [6.45, 7) is -2.90. The van der Waals surface area contributed by atoms with Crippen LogP contribution in [0.15, 0.2) is 65.4 Å². The Morgan fingerprint density at radius 1 is 1.12 bits per heavy atom. The Morgan fingerprint density at radius 2 is 1.88 bits per heavy atom. The number of alkyl halides is 2. The van der Waals surface area contributed by atoms with E-state index in [2.05, 4.69) is 36.1 Å². The molecule has 2 aromatic carbocycles. The van der Waals surface area contributed by atoms with E-state index in [9.17, 15) is 8.78 Å². The van der Waals surface area contributed by atoms with Crippen LogP contribution in [0.3, 0.4) is 0 Å². The fraction of sp³-hybridized carbons (Fsp3) is 0.111. The van der Waals surface area contributed by atoms with E-state index in [4.69, 9.17) is 0 Å². The van der Waals surface area contributed by atoms with Gasteiger partial charge in [-0.05, 0) is 35.9 Å². The van der Waals surface area contributed by atoms with E-state index in [0.29, 0.717) is 17.2 Å². The van der Waals surface area contributed by atoms with Crippen molar-refractivity contribution in [3.8, 4) is 5.75 Å². The van der Waals surface area contributed by atoms with Gasteiger partial charge in [0, 0.05) is 10.0 Å². The largest absolute Gasteiger partial charge is 0.434 e. The van der Waals surface area contributed by atoms with Crippen molar-refractivity contribution in [1.82, 2.24) is 14.8 Å². The number of nitrogens with one attached hydrogen (secondary N) is 1. The minimum absolute atomic E-state index is 0.101. The van der Waals surface area contributed by atoms with Crippen LogP contribution < -0.4 is 10.1 Å². The molecule has 2 heterocycles. The van der Waals surface area contributed by atoms with Crippen LogP contribution in [0.2, 0.25) is 0 Å². The number of fused-ring (bicyclic) bond motifs is 1. The SMILES string of the molecule is FC(F)Oc1ccccc1C1=C[C@H](c2ccc(Br)cc2)n2ncnc2N1. The normalized spacial score (nSPS) is 16.0. The Kier molecular flexibility index (Phi) is 4.42. The second kappa shape index (κ2) is 6.87. The van der Waals surface area contributed by atoms with Gasteiger partial charge in [-0.2, -0.15) is 18.9 Å². The molecule has 0 radical (unpaired) electrons. The Morgan fingerprint density at radius 3 is 2.65 bits per heavy atom. The summed E-state index contributed by atoms with van der Waals surface area (Å²) in [6, 6.07) is 14.3. The van der Waals surface area contributed by atoms with Gasteiger partial charge in [-0.25, -0.2) is 4.68 Å². The highest BCUT2D eigenvalue weighted by Gasteiger charge is 2.25. The van der Waals surface area contributed by atoms with Crippen molar-refractivity contribution in [3.63, 3.8) is 0 Å². The number of hydrogen-bond donors (Lipinski definition) is 1. The summed E-state index contributed by atoms with van der Waals surface area (Å²) in [5, 5.41) is 7.41. The van der Waals surface area contributed by atoms with E-state index in [-0.39, 0.29) is 11.8 Å². The van der Waals surface area contributed by atoms with E-state index in [1.165, 1.54) is 12.4 Å². The number of ether oxygens (including phenoxy) is 1. The first-order valence-corrected chi connectivity index (χ1v) is 8.59. The lowest BCUT2D eigenvalue weighted by atomic mass is 10.0. The van der Waals surface area contributed by atoms with Gasteiger partial charge in [-0.1, -0.05) is 40.2 Å². The molecule has 0 saturated carbocycles. The Labute approximate surface area is 156 Å². The molecule has 0 aliphatic carbocycles. The predicted octanol–water partition coefficient (Wildman–Crippen LogP) is 4.70. The lowest BCUT2D eigenvalue weighted by molar-refractivity contribution is -0.0500. The van der Waals surface area contributed by atoms with E-state index in [0.717, 1.165) is 10.0 Å². The van der Waals surface area contributed by atoms with Gasteiger partial charge >= 0.3 is 6.61 Å². The van der Waals surface area contributed by atoms with Crippen LogP contribution in [-0.4, -0.2) is 21.4 Å². The molecular formula is C18H13BrF2N4O. The number of allylic oxidation sites excluding steroid dienone is 1. The molecule has 1 atom stereocenters. The number of aromatic nitrogens is 3. The number of rotatable bonds is 4. The summed E-state index contributed by atoms with van der Waals surface area (Å²) in [4.78, 5) is 4.22. The van der Waals surface area contributed by atoms with Gasteiger partial charge in [0.1, 0.15) is 18.1 Å². The molecule has 3 aromatic rings. The quantitative estimate of drug-likeness (QED) is 0.667. The molecule has 1 aliphatic rings. The molecule has 4 rings (SSSR count). The lowest BCUT2D eigenvalue weighted by Crippen LogP contribution is -2.20. The Balaban J connectivity index is 1.79. The van der Waals surface area contributed by atoms with Crippen LogP contribution in [0.5, 0.6) is 5.75 Å². The molecule has 8 heteroatoms. The highest BCUT2D eigenvalue weighted by Crippen LogP contribution is 2.35. The lowest BCUT2D eigenvalue weighted by Gasteiger charge is -2.25. The van der Waals surface area contributed by atoms with Crippen molar-refractivity contribution < 1.29 is 13.5 Å². The van der Waals surface area contributed by atoms with E-state index in [1.807, 2.05) is 30.3 Å². The van der Waals surface area contributed by atoms with E-state index >= 15 is 0 Å². The third kappa shape index (κ3) is 3.20. The molecule has 0 spiro atoms.